The predicted octanol–water partition coefficient (Wildman–Crippen LogP) is 3.75. The number of anilines is 1. The number of furan rings is 1. The highest BCUT2D eigenvalue weighted by molar-refractivity contribution is 6.03. The number of carbonyl (C=O) groups excluding carboxylic acids is 2. The van der Waals surface area contributed by atoms with Crippen molar-refractivity contribution in [1.29, 1.82) is 0 Å². The Hall–Kier alpha value is -3.45. The molecule has 0 aliphatic carbocycles. The Morgan fingerprint density at radius 1 is 1.17 bits per heavy atom. The molecule has 7 heteroatoms. The lowest BCUT2D eigenvalue weighted by molar-refractivity contribution is 0.0507. The highest BCUT2D eigenvalue weighted by Crippen LogP contribution is 2.19. The Morgan fingerprint density at radius 2 is 2.10 bits per heavy atom. The van der Waals surface area contributed by atoms with E-state index in [4.69, 9.17) is 9.15 Å². The number of nitrogens with zero attached hydrogens (tertiary/aromatic N) is 2. The van der Waals surface area contributed by atoms with Crippen molar-refractivity contribution in [2.45, 2.75) is 25.5 Å². The summed E-state index contributed by atoms with van der Waals surface area (Å²) in [5.41, 5.74) is 1.97. The first kappa shape index (κ1) is 19.8. The second-order valence-electron chi connectivity index (χ2n) is 7.19. The van der Waals surface area contributed by atoms with Crippen LogP contribution in [0.3, 0.4) is 0 Å². The van der Waals surface area contributed by atoms with Crippen LogP contribution in [-0.2, 0) is 11.3 Å². The molecule has 1 atom stereocenters. The summed E-state index contributed by atoms with van der Waals surface area (Å²) in [7, 11) is 0. The summed E-state index contributed by atoms with van der Waals surface area (Å²) in [6, 6.07) is 13.9. The summed E-state index contributed by atoms with van der Waals surface area (Å²) in [4.78, 5) is 31.5. The van der Waals surface area contributed by atoms with Gasteiger partial charge in [-0.25, -0.2) is 0 Å². The molecule has 3 aromatic rings. The van der Waals surface area contributed by atoms with Crippen LogP contribution in [0.5, 0.6) is 0 Å². The van der Waals surface area contributed by atoms with E-state index in [1.807, 2.05) is 12.1 Å². The minimum Gasteiger partial charge on any atom is -0.459 e. The van der Waals surface area contributed by atoms with Gasteiger partial charge in [0.2, 0.25) is 0 Å². The molecule has 1 aliphatic heterocycles. The quantitative estimate of drug-likeness (QED) is 0.647. The van der Waals surface area contributed by atoms with Crippen molar-refractivity contribution in [1.82, 2.24) is 9.88 Å². The third kappa shape index (κ3) is 4.93. The molecule has 154 valence electrons. The van der Waals surface area contributed by atoms with Crippen molar-refractivity contribution in [3.8, 4) is 0 Å². The third-order valence-corrected chi connectivity index (χ3v) is 4.94. The molecule has 1 fully saturated rings. The van der Waals surface area contributed by atoms with Gasteiger partial charge >= 0.3 is 0 Å². The maximum atomic E-state index is 13.3. The maximum absolute atomic E-state index is 13.3. The Kier molecular flexibility index (Phi) is 6.20. The number of hydrogen-bond donors (Lipinski definition) is 1. The van der Waals surface area contributed by atoms with Gasteiger partial charge in [-0.1, -0.05) is 12.1 Å². The molecular weight excluding hydrogens is 382 g/mol. The lowest BCUT2D eigenvalue weighted by Gasteiger charge is -2.26. The van der Waals surface area contributed by atoms with Gasteiger partial charge in [-0.05, 0) is 54.8 Å². The second-order valence-corrected chi connectivity index (χ2v) is 7.19. The molecule has 0 spiro atoms. The SMILES string of the molecule is O=C(Nc1cccc(C(=O)N(Cc2cccnc2)CC2CCCO2)c1)c1ccco1. The standard InChI is InChI=1S/C23H23N3O4/c27-22(21-9-4-12-30-21)25-19-7-1-6-18(13-19)23(28)26(16-20-8-3-11-29-20)15-17-5-2-10-24-14-17/h1-2,4-7,9-10,12-14,20H,3,8,11,15-16H2,(H,25,27). The maximum Gasteiger partial charge on any atom is 0.291 e. The van der Waals surface area contributed by atoms with Crippen molar-refractivity contribution in [2.75, 3.05) is 18.5 Å². The van der Waals surface area contributed by atoms with Crippen LogP contribution in [0.2, 0.25) is 0 Å². The molecule has 0 bridgehead atoms. The molecule has 3 heterocycles. The normalized spacial score (nSPS) is 15.7. The van der Waals surface area contributed by atoms with Crippen LogP contribution in [0.15, 0.2) is 71.6 Å². The van der Waals surface area contributed by atoms with Gasteiger partial charge in [0, 0.05) is 43.3 Å². The van der Waals surface area contributed by atoms with Crippen LogP contribution in [-0.4, -0.2) is 41.0 Å². The fourth-order valence-electron chi connectivity index (χ4n) is 3.48. The molecule has 4 rings (SSSR count). The Bertz CT molecular complexity index is 983. The van der Waals surface area contributed by atoms with Gasteiger partial charge in [0.1, 0.15) is 0 Å². The summed E-state index contributed by atoms with van der Waals surface area (Å²) in [6.45, 7) is 1.68. The average molecular weight is 405 g/mol. The van der Waals surface area contributed by atoms with Gasteiger partial charge in [-0.2, -0.15) is 0 Å². The number of amides is 2. The van der Waals surface area contributed by atoms with Gasteiger partial charge < -0.3 is 19.4 Å². The number of nitrogens with one attached hydrogen (secondary N) is 1. The molecule has 1 unspecified atom stereocenters. The summed E-state index contributed by atoms with van der Waals surface area (Å²) >= 11 is 0. The number of ether oxygens (including phenoxy) is 1. The van der Waals surface area contributed by atoms with E-state index in [0.717, 1.165) is 25.0 Å². The molecule has 30 heavy (non-hydrogen) atoms. The zero-order valence-electron chi connectivity index (χ0n) is 16.5. The molecule has 1 N–H and O–H groups in total. The van der Waals surface area contributed by atoms with Gasteiger partial charge in [-0.3, -0.25) is 14.6 Å². The molecule has 0 radical (unpaired) electrons. The lowest BCUT2D eigenvalue weighted by Crippen LogP contribution is -2.37. The van der Waals surface area contributed by atoms with E-state index in [2.05, 4.69) is 10.3 Å². The smallest absolute Gasteiger partial charge is 0.291 e. The third-order valence-electron chi connectivity index (χ3n) is 4.94. The number of hydrogen-bond acceptors (Lipinski definition) is 5. The summed E-state index contributed by atoms with van der Waals surface area (Å²) < 4.78 is 10.9. The van der Waals surface area contributed by atoms with Crippen LogP contribution in [0, 0.1) is 0 Å². The molecule has 1 aliphatic rings. The Morgan fingerprint density at radius 3 is 2.83 bits per heavy atom. The van der Waals surface area contributed by atoms with E-state index in [9.17, 15) is 9.59 Å². The Balaban J connectivity index is 1.51. The summed E-state index contributed by atoms with van der Waals surface area (Å²) in [5, 5.41) is 2.76. The van der Waals surface area contributed by atoms with Gasteiger partial charge in [-0.15, -0.1) is 0 Å². The topological polar surface area (TPSA) is 84.7 Å². The van der Waals surface area contributed by atoms with Crippen molar-refractivity contribution < 1.29 is 18.7 Å². The van der Waals surface area contributed by atoms with Crippen LogP contribution in [0.1, 0.15) is 39.3 Å². The van der Waals surface area contributed by atoms with E-state index in [0.29, 0.717) is 24.3 Å². The fraction of sp³-hybridized carbons (Fsp3) is 0.261. The monoisotopic (exact) mass is 405 g/mol. The van der Waals surface area contributed by atoms with Crippen molar-refractivity contribution in [3.05, 3.63) is 84.1 Å². The van der Waals surface area contributed by atoms with Crippen molar-refractivity contribution in [3.63, 3.8) is 0 Å². The minimum absolute atomic E-state index is 0.0347. The molecule has 1 saturated heterocycles. The second kappa shape index (κ2) is 9.37. The zero-order valence-corrected chi connectivity index (χ0v) is 16.5. The molecule has 2 aromatic heterocycles. The zero-order chi connectivity index (χ0) is 20.8. The molecular formula is C23H23N3O4. The van der Waals surface area contributed by atoms with E-state index in [1.165, 1.54) is 6.26 Å². The van der Waals surface area contributed by atoms with Gasteiger partial charge in [0.05, 0.1) is 12.4 Å². The number of aromatic nitrogens is 1. The predicted molar refractivity (Wildman–Crippen MR) is 111 cm³/mol. The number of pyridine rings is 1. The summed E-state index contributed by atoms with van der Waals surface area (Å²) in [6.07, 6.45) is 6.89. The molecule has 1 aromatic carbocycles. The fourth-order valence-corrected chi connectivity index (χ4v) is 3.48. The first-order chi connectivity index (χ1) is 14.7. The minimum atomic E-state index is -0.365. The van der Waals surface area contributed by atoms with Crippen LogP contribution >= 0.6 is 0 Å². The first-order valence-corrected chi connectivity index (χ1v) is 9.94. The van der Waals surface area contributed by atoms with E-state index < -0.39 is 0 Å². The van der Waals surface area contributed by atoms with Gasteiger partial charge in [0.15, 0.2) is 5.76 Å². The van der Waals surface area contributed by atoms with Crippen LogP contribution < -0.4 is 5.32 Å². The van der Waals surface area contributed by atoms with Crippen LogP contribution in [0.4, 0.5) is 5.69 Å². The molecule has 7 nitrogen and oxygen atoms in total. The molecule has 0 saturated carbocycles. The number of benzene rings is 1. The van der Waals surface area contributed by atoms with Crippen molar-refractivity contribution in [2.24, 2.45) is 0 Å². The van der Waals surface area contributed by atoms with E-state index >= 15 is 0 Å². The first-order valence-electron chi connectivity index (χ1n) is 9.94. The van der Waals surface area contributed by atoms with Gasteiger partial charge in [0.25, 0.3) is 11.8 Å². The number of rotatable bonds is 7. The van der Waals surface area contributed by atoms with Crippen molar-refractivity contribution >= 4 is 17.5 Å². The lowest BCUT2D eigenvalue weighted by atomic mass is 10.1. The largest absolute Gasteiger partial charge is 0.459 e. The van der Waals surface area contributed by atoms with E-state index in [1.54, 1.807) is 53.7 Å². The average Bonchev–Trinajstić information content (AvgIpc) is 3.48. The number of carbonyl (C=O) groups is 2. The molecule has 2 amide bonds. The Labute approximate surface area is 174 Å². The highest BCUT2D eigenvalue weighted by atomic mass is 16.5. The van der Waals surface area contributed by atoms with E-state index in [-0.39, 0.29) is 23.7 Å². The highest BCUT2D eigenvalue weighted by Gasteiger charge is 2.24. The van der Waals surface area contributed by atoms with Crippen LogP contribution in [0.25, 0.3) is 0 Å². The summed E-state index contributed by atoms with van der Waals surface area (Å²) in [5.74, 6) is -0.275.